The Labute approximate surface area is 267 Å². The Morgan fingerprint density at radius 3 is 2.52 bits per heavy atom. The number of aromatic nitrogens is 7. The van der Waals surface area contributed by atoms with Crippen LogP contribution in [-0.4, -0.2) is 51.7 Å². The Hall–Kier alpha value is -5.11. The number of fused-ring (bicyclic) bond motifs is 3. The number of carbonyl (C=O) groups is 1. The number of halogens is 4. The normalized spacial score (nSPS) is 14.9. The van der Waals surface area contributed by atoms with Gasteiger partial charge < -0.3 is 4.90 Å². The number of hydrogen-bond donors (Lipinski definition) is 1. The van der Waals surface area contributed by atoms with E-state index < -0.39 is 23.7 Å². The fourth-order valence-corrected chi connectivity index (χ4v) is 6.40. The molecule has 0 fully saturated rings. The molecular formula is C32H24BrF3N8O2. The van der Waals surface area contributed by atoms with E-state index in [0.29, 0.717) is 34.8 Å². The first-order chi connectivity index (χ1) is 22.1. The van der Waals surface area contributed by atoms with Gasteiger partial charge in [-0.2, -0.15) is 18.3 Å². The first-order valence-corrected chi connectivity index (χ1v) is 15.1. The fourth-order valence-electron chi connectivity index (χ4n) is 5.93. The quantitative estimate of drug-likeness (QED) is 0.251. The number of nitrogens with zero attached hydrogens (tertiary/aromatic N) is 7. The van der Waals surface area contributed by atoms with Gasteiger partial charge in [-0.3, -0.25) is 14.2 Å². The summed E-state index contributed by atoms with van der Waals surface area (Å²) >= 11 is 2.94. The van der Waals surface area contributed by atoms with Crippen molar-refractivity contribution in [2.24, 2.45) is 0 Å². The summed E-state index contributed by atoms with van der Waals surface area (Å²) in [5.74, 6) is -0.0852. The molecule has 3 aromatic carbocycles. The van der Waals surface area contributed by atoms with E-state index in [0.717, 1.165) is 22.8 Å². The third kappa shape index (κ3) is 5.17. The molecule has 0 spiro atoms. The van der Waals surface area contributed by atoms with Gasteiger partial charge in [0.05, 0.1) is 29.7 Å². The van der Waals surface area contributed by atoms with Crippen molar-refractivity contribution in [3.63, 3.8) is 0 Å². The zero-order valence-corrected chi connectivity index (χ0v) is 25.7. The van der Waals surface area contributed by atoms with Crippen LogP contribution in [0, 0.1) is 0 Å². The smallest absolute Gasteiger partial charge is 0.330 e. The number of rotatable bonds is 5. The molecule has 1 amide bonds. The highest BCUT2D eigenvalue weighted by atomic mass is 79.9. The largest absolute Gasteiger partial charge is 0.417 e. The molecule has 0 saturated carbocycles. The van der Waals surface area contributed by atoms with Crippen molar-refractivity contribution in [2.45, 2.75) is 38.5 Å². The maximum atomic E-state index is 14.4. The van der Waals surface area contributed by atoms with Gasteiger partial charge >= 0.3 is 6.18 Å². The molecule has 6 aromatic rings. The van der Waals surface area contributed by atoms with E-state index in [-0.39, 0.29) is 28.6 Å². The lowest BCUT2D eigenvalue weighted by Crippen LogP contribution is -2.46. The van der Waals surface area contributed by atoms with E-state index in [2.05, 4.69) is 36.6 Å². The van der Waals surface area contributed by atoms with Crippen LogP contribution < -0.4 is 5.56 Å². The molecule has 14 heteroatoms. The summed E-state index contributed by atoms with van der Waals surface area (Å²) in [7, 11) is 0. The Morgan fingerprint density at radius 2 is 1.83 bits per heavy atom. The number of tetrazole rings is 1. The van der Waals surface area contributed by atoms with Gasteiger partial charge in [-0.15, -0.1) is 5.10 Å². The number of amides is 1. The zero-order chi connectivity index (χ0) is 32.2. The predicted octanol–water partition coefficient (Wildman–Crippen LogP) is 5.62. The molecule has 1 unspecified atom stereocenters. The van der Waals surface area contributed by atoms with E-state index in [1.165, 1.54) is 17.0 Å². The summed E-state index contributed by atoms with van der Waals surface area (Å²) in [6, 6.07) is 20.0. The van der Waals surface area contributed by atoms with Crippen LogP contribution in [0.2, 0.25) is 0 Å². The zero-order valence-electron chi connectivity index (χ0n) is 24.2. The van der Waals surface area contributed by atoms with E-state index >= 15 is 0 Å². The van der Waals surface area contributed by atoms with Gasteiger partial charge in [0.2, 0.25) is 0 Å². The summed E-state index contributed by atoms with van der Waals surface area (Å²) in [6.45, 7) is 1.77. The van der Waals surface area contributed by atoms with Crippen LogP contribution in [0.15, 0.2) is 88.3 Å². The predicted molar refractivity (Wildman–Crippen MR) is 165 cm³/mol. The number of benzene rings is 3. The Morgan fingerprint density at radius 1 is 1.07 bits per heavy atom. The average Bonchev–Trinajstić information content (AvgIpc) is 3.73. The number of H-pyrrole nitrogens is 1. The third-order valence-corrected chi connectivity index (χ3v) is 8.90. The molecule has 1 N–H and O–H groups in total. The Kier molecular flexibility index (Phi) is 7.31. The maximum Gasteiger partial charge on any atom is 0.417 e. The van der Waals surface area contributed by atoms with Crippen molar-refractivity contribution in [3.05, 3.63) is 127 Å². The van der Waals surface area contributed by atoms with Crippen LogP contribution in [0.1, 0.15) is 45.2 Å². The molecule has 0 aliphatic carbocycles. The number of alkyl halides is 3. The first-order valence-electron chi connectivity index (χ1n) is 14.3. The molecule has 0 saturated heterocycles. The van der Waals surface area contributed by atoms with E-state index in [9.17, 15) is 22.8 Å². The van der Waals surface area contributed by atoms with Crippen LogP contribution in [-0.2, 0) is 25.6 Å². The number of hydrogen-bond acceptors (Lipinski definition) is 6. The second-order valence-electron chi connectivity index (χ2n) is 11.1. The van der Waals surface area contributed by atoms with Crippen molar-refractivity contribution in [2.75, 3.05) is 0 Å². The lowest BCUT2D eigenvalue weighted by molar-refractivity contribution is -0.138. The molecule has 3 aromatic heterocycles. The second-order valence-corrected chi connectivity index (χ2v) is 12.0. The molecule has 1 aliphatic heterocycles. The van der Waals surface area contributed by atoms with Gasteiger partial charge in [0.1, 0.15) is 5.65 Å². The van der Waals surface area contributed by atoms with Crippen molar-refractivity contribution >= 4 is 27.5 Å². The van der Waals surface area contributed by atoms with Crippen LogP contribution >= 0.6 is 15.9 Å². The summed E-state index contributed by atoms with van der Waals surface area (Å²) in [5, 5.41) is 18.6. The van der Waals surface area contributed by atoms with E-state index in [4.69, 9.17) is 5.10 Å². The summed E-state index contributed by atoms with van der Waals surface area (Å²) < 4.78 is 44.1. The Bertz CT molecular complexity index is 2140. The molecule has 1 atom stereocenters. The van der Waals surface area contributed by atoms with Crippen molar-refractivity contribution in [1.29, 1.82) is 0 Å². The van der Waals surface area contributed by atoms with Gasteiger partial charge in [-0.1, -0.05) is 46.3 Å². The summed E-state index contributed by atoms with van der Waals surface area (Å²) in [5.41, 5.74) is 3.38. The summed E-state index contributed by atoms with van der Waals surface area (Å²) in [6.07, 6.45) is -2.25. The highest BCUT2D eigenvalue weighted by Gasteiger charge is 2.36. The van der Waals surface area contributed by atoms with Gasteiger partial charge in [0.25, 0.3) is 11.5 Å². The molecule has 1 aliphatic rings. The van der Waals surface area contributed by atoms with Gasteiger partial charge in [-0.25, -0.2) is 9.61 Å². The standard InChI is InChI=1S/C32H24BrF3N8O2/c1-18-13-24-27(17-42(18)30(45)21-9-12-26(33)25(15-21)32(34,35)36)44-29(22(16-37-44)14-19-5-3-2-4-6-19)43(31(24)46)23-10-7-20(8-11-23)28-38-40-41-39-28/h2-12,15-16,18H,13-14,17H2,1H3,(H,38,39,40,41). The molecular weight excluding hydrogens is 665 g/mol. The maximum absolute atomic E-state index is 14.4. The SMILES string of the molecule is CC1Cc2c(n3ncc(Cc4ccccc4)c3n(-c3ccc(-c4nnn[nH]4)cc3)c2=O)CN1C(=O)c1ccc(Br)c(C(F)(F)F)c1. The number of nitrogens with one attached hydrogen (secondary N) is 1. The topological polar surface area (TPSA) is 114 Å². The van der Waals surface area contributed by atoms with E-state index in [1.807, 2.05) is 42.5 Å². The molecule has 232 valence electrons. The highest BCUT2D eigenvalue weighted by molar-refractivity contribution is 9.10. The molecule has 7 rings (SSSR count). The molecule has 0 radical (unpaired) electrons. The van der Waals surface area contributed by atoms with Crippen LogP contribution in [0.3, 0.4) is 0 Å². The van der Waals surface area contributed by atoms with Crippen LogP contribution in [0.4, 0.5) is 13.2 Å². The minimum absolute atomic E-state index is 0.0107. The lowest BCUT2D eigenvalue weighted by atomic mass is 9.97. The minimum atomic E-state index is -4.64. The average molecular weight is 689 g/mol. The number of carbonyl (C=O) groups excluding carboxylic acids is 1. The molecule has 0 bridgehead atoms. The van der Waals surface area contributed by atoms with E-state index in [1.54, 1.807) is 34.3 Å². The third-order valence-electron chi connectivity index (χ3n) is 8.21. The van der Waals surface area contributed by atoms with Crippen LogP contribution in [0.25, 0.3) is 22.7 Å². The van der Waals surface area contributed by atoms with Gasteiger partial charge in [0, 0.05) is 39.2 Å². The van der Waals surface area contributed by atoms with Crippen molar-refractivity contribution < 1.29 is 18.0 Å². The summed E-state index contributed by atoms with van der Waals surface area (Å²) in [4.78, 5) is 29.6. The minimum Gasteiger partial charge on any atom is -0.330 e. The van der Waals surface area contributed by atoms with Gasteiger partial charge in [0.15, 0.2) is 5.82 Å². The monoisotopic (exact) mass is 688 g/mol. The number of aromatic amines is 1. The first kappa shape index (κ1) is 29.6. The van der Waals surface area contributed by atoms with Crippen molar-refractivity contribution in [1.82, 2.24) is 39.7 Å². The van der Waals surface area contributed by atoms with Gasteiger partial charge in [-0.05, 0) is 71.8 Å². The highest BCUT2D eigenvalue weighted by Crippen LogP contribution is 2.36. The molecule has 10 nitrogen and oxygen atoms in total. The van der Waals surface area contributed by atoms with Crippen molar-refractivity contribution in [3.8, 4) is 17.1 Å². The lowest BCUT2D eigenvalue weighted by Gasteiger charge is -2.35. The fraction of sp³-hybridized carbons (Fsp3) is 0.188. The Balaban J connectivity index is 1.35. The van der Waals surface area contributed by atoms with Crippen LogP contribution in [0.5, 0.6) is 0 Å². The second kappa shape index (κ2) is 11.4. The molecule has 4 heterocycles. The molecule has 46 heavy (non-hydrogen) atoms.